The van der Waals surface area contributed by atoms with Crippen LogP contribution in [0.5, 0.6) is 0 Å². The van der Waals surface area contributed by atoms with Crippen LogP contribution in [0.25, 0.3) is 0 Å². The molecule has 0 spiro atoms. The molecule has 1 heterocycles. The maximum Gasteiger partial charge on any atom is 0.0431 e. The lowest BCUT2D eigenvalue weighted by Crippen LogP contribution is -2.27. The highest BCUT2D eigenvalue weighted by Crippen LogP contribution is 2.16. The van der Waals surface area contributed by atoms with Crippen molar-refractivity contribution >= 4 is 0 Å². The van der Waals surface area contributed by atoms with Gasteiger partial charge in [-0.3, -0.25) is 0 Å². The molecule has 1 fully saturated rings. The van der Waals surface area contributed by atoms with E-state index in [-0.39, 0.29) is 0 Å². The third kappa shape index (κ3) is 5.27. The quantitative estimate of drug-likeness (QED) is 0.682. The summed E-state index contributed by atoms with van der Waals surface area (Å²) in [6.07, 6.45) is 4.84. The van der Waals surface area contributed by atoms with Gasteiger partial charge >= 0.3 is 0 Å². The summed E-state index contributed by atoms with van der Waals surface area (Å²) in [5.41, 5.74) is 0. The van der Waals surface area contributed by atoms with Gasteiger partial charge in [0.15, 0.2) is 0 Å². The van der Waals surface area contributed by atoms with E-state index in [0.29, 0.717) is 6.61 Å². The monoisotopic (exact) mass is 187 g/mol. The number of unbranched alkanes of at least 4 members (excludes halogenated alkanes) is 1. The number of nitrogens with zero attached hydrogens (tertiary/aromatic N) is 1. The number of hydrogen-bond donors (Lipinski definition) is 1. The topological polar surface area (TPSA) is 23.5 Å². The van der Waals surface area contributed by atoms with Crippen molar-refractivity contribution in [1.82, 2.24) is 4.90 Å². The number of rotatable bonds is 4. The van der Waals surface area contributed by atoms with Gasteiger partial charge < -0.3 is 10.0 Å². The van der Waals surface area contributed by atoms with Crippen LogP contribution >= 0.6 is 0 Å². The third-order valence-electron chi connectivity index (χ3n) is 2.54. The summed E-state index contributed by atoms with van der Waals surface area (Å²) in [5, 5.41) is 8.59. The molecule has 2 heteroatoms. The number of likely N-dealkylation sites (tertiary alicyclic amines) is 1. The van der Waals surface area contributed by atoms with Crippen molar-refractivity contribution in [3.05, 3.63) is 0 Å². The zero-order valence-electron chi connectivity index (χ0n) is 9.42. The molecule has 0 aromatic carbocycles. The maximum atomic E-state index is 8.59. The van der Waals surface area contributed by atoms with Crippen molar-refractivity contribution in [3.63, 3.8) is 0 Å². The second kappa shape index (κ2) is 8.52. The van der Waals surface area contributed by atoms with Crippen molar-refractivity contribution in [1.29, 1.82) is 0 Å². The average molecular weight is 187 g/mol. The zero-order chi connectivity index (χ0) is 10.1. The fourth-order valence-electron chi connectivity index (χ4n) is 1.75. The van der Waals surface area contributed by atoms with Gasteiger partial charge in [-0.2, -0.15) is 0 Å². The van der Waals surface area contributed by atoms with Crippen LogP contribution in [0.2, 0.25) is 0 Å². The van der Waals surface area contributed by atoms with E-state index >= 15 is 0 Å². The van der Waals surface area contributed by atoms with Crippen molar-refractivity contribution in [2.75, 3.05) is 19.7 Å². The summed E-state index contributed by atoms with van der Waals surface area (Å²) in [7, 11) is 0. The standard InChI is InChI=1S/C9H19NO.C2H6/c1-9-5-4-7-10(9)6-2-3-8-11;1-2/h9,11H,2-8H2,1H3;1-2H3/t9-;/m1./s1. The van der Waals surface area contributed by atoms with E-state index in [1.54, 1.807) is 0 Å². The molecule has 1 rings (SSSR count). The van der Waals surface area contributed by atoms with Crippen LogP contribution in [0.4, 0.5) is 0 Å². The first-order chi connectivity index (χ1) is 6.34. The Balaban J connectivity index is 0.000000671. The highest BCUT2D eigenvalue weighted by Gasteiger charge is 2.18. The van der Waals surface area contributed by atoms with E-state index in [4.69, 9.17) is 5.11 Å². The molecule has 0 aromatic heterocycles. The Morgan fingerprint density at radius 3 is 2.46 bits per heavy atom. The largest absolute Gasteiger partial charge is 0.396 e. The molecule has 80 valence electrons. The van der Waals surface area contributed by atoms with E-state index in [1.165, 1.54) is 25.9 Å². The highest BCUT2D eigenvalue weighted by molar-refractivity contribution is 4.74. The summed E-state index contributed by atoms with van der Waals surface area (Å²) in [6, 6.07) is 0.786. The summed E-state index contributed by atoms with van der Waals surface area (Å²) in [6.45, 7) is 9.10. The fourth-order valence-corrected chi connectivity index (χ4v) is 1.75. The molecule has 0 saturated carbocycles. The normalized spacial score (nSPS) is 22.6. The van der Waals surface area contributed by atoms with Crippen molar-refractivity contribution in [2.24, 2.45) is 0 Å². The molecule has 0 radical (unpaired) electrons. The van der Waals surface area contributed by atoms with Gasteiger partial charge in [-0.05, 0) is 45.7 Å². The van der Waals surface area contributed by atoms with Gasteiger partial charge in [0.25, 0.3) is 0 Å². The second-order valence-electron chi connectivity index (χ2n) is 3.46. The van der Waals surface area contributed by atoms with Gasteiger partial charge in [0.1, 0.15) is 0 Å². The number of aliphatic hydroxyl groups excluding tert-OH is 1. The lowest BCUT2D eigenvalue weighted by Gasteiger charge is -2.20. The molecule has 1 N–H and O–H groups in total. The predicted octanol–water partition coefficient (Wildman–Crippen LogP) is 2.27. The van der Waals surface area contributed by atoms with Crippen LogP contribution in [-0.4, -0.2) is 35.7 Å². The Morgan fingerprint density at radius 2 is 2.00 bits per heavy atom. The van der Waals surface area contributed by atoms with Crippen LogP contribution in [0.15, 0.2) is 0 Å². The van der Waals surface area contributed by atoms with Gasteiger partial charge in [0.2, 0.25) is 0 Å². The summed E-state index contributed by atoms with van der Waals surface area (Å²) in [5.74, 6) is 0. The summed E-state index contributed by atoms with van der Waals surface area (Å²) >= 11 is 0. The van der Waals surface area contributed by atoms with Crippen LogP contribution < -0.4 is 0 Å². The van der Waals surface area contributed by atoms with Crippen LogP contribution in [0.1, 0.15) is 46.5 Å². The Labute approximate surface area is 82.9 Å². The highest BCUT2D eigenvalue weighted by atomic mass is 16.2. The number of hydrogen-bond acceptors (Lipinski definition) is 2. The molecule has 1 aliphatic rings. The molecule has 1 aliphatic heterocycles. The molecule has 2 nitrogen and oxygen atoms in total. The third-order valence-corrected chi connectivity index (χ3v) is 2.54. The van der Waals surface area contributed by atoms with E-state index in [0.717, 1.165) is 18.9 Å². The summed E-state index contributed by atoms with van der Waals surface area (Å²) < 4.78 is 0. The van der Waals surface area contributed by atoms with E-state index in [1.807, 2.05) is 13.8 Å². The summed E-state index contributed by atoms with van der Waals surface area (Å²) in [4.78, 5) is 2.52. The molecule has 0 aliphatic carbocycles. The van der Waals surface area contributed by atoms with Gasteiger partial charge in [0.05, 0.1) is 0 Å². The minimum absolute atomic E-state index is 0.349. The molecule has 0 unspecified atom stereocenters. The first-order valence-electron chi connectivity index (χ1n) is 5.69. The van der Waals surface area contributed by atoms with Crippen molar-refractivity contribution < 1.29 is 5.11 Å². The fraction of sp³-hybridized carbons (Fsp3) is 1.00. The van der Waals surface area contributed by atoms with E-state index in [2.05, 4.69) is 11.8 Å². The van der Waals surface area contributed by atoms with Crippen molar-refractivity contribution in [2.45, 2.75) is 52.5 Å². The second-order valence-corrected chi connectivity index (χ2v) is 3.46. The smallest absolute Gasteiger partial charge is 0.0431 e. The van der Waals surface area contributed by atoms with E-state index < -0.39 is 0 Å². The predicted molar refractivity (Wildman–Crippen MR) is 57.9 cm³/mol. The molecular formula is C11H25NO. The molecule has 0 amide bonds. The Morgan fingerprint density at radius 1 is 1.31 bits per heavy atom. The minimum Gasteiger partial charge on any atom is -0.396 e. The Kier molecular flexibility index (Phi) is 8.46. The molecule has 13 heavy (non-hydrogen) atoms. The van der Waals surface area contributed by atoms with E-state index in [9.17, 15) is 0 Å². The van der Waals surface area contributed by atoms with Crippen LogP contribution in [-0.2, 0) is 0 Å². The van der Waals surface area contributed by atoms with Crippen LogP contribution in [0, 0.1) is 0 Å². The molecule has 0 bridgehead atoms. The lowest BCUT2D eigenvalue weighted by atomic mass is 10.2. The molecule has 0 aromatic rings. The molecular weight excluding hydrogens is 162 g/mol. The molecule has 1 saturated heterocycles. The first-order valence-corrected chi connectivity index (χ1v) is 5.69. The minimum atomic E-state index is 0.349. The van der Waals surface area contributed by atoms with Gasteiger partial charge in [-0.1, -0.05) is 13.8 Å². The molecule has 1 atom stereocenters. The van der Waals surface area contributed by atoms with Crippen molar-refractivity contribution in [3.8, 4) is 0 Å². The first kappa shape index (κ1) is 12.9. The van der Waals surface area contributed by atoms with Gasteiger partial charge in [-0.25, -0.2) is 0 Å². The van der Waals surface area contributed by atoms with Gasteiger partial charge in [0, 0.05) is 12.6 Å². The SMILES string of the molecule is CC.C[C@@H]1CCCN1CCCCO. The maximum absolute atomic E-state index is 8.59. The van der Waals surface area contributed by atoms with Gasteiger partial charge in [-0.15, -0.1) is 0 Å². The van der Waals surface area contributed by atoms with Crippen LogP contribution in [0.3, 0.4) is 0 Å². The number of aliphatic hydroxyl groups is 1. The lowest BCUT2D eigenvalue weighted by molar-refractivity contribution is 0.238. The Hall–Kier alpha value is -0.0800. The Bertz CT molecular complexity index is 106. The average Bonchev–Trinajstić information content (AvgIpc) is 2.56. The zero-order valence-corrected chi connectivity index (χ0v) is 9.42.